The maximum atomic E-state index is 12.1. The average molecular weight is 425 g/mol. The van der Waals surface area contributed by atoms with Crippen LogP contribution < -0.4 is 0 Å². The van der Waals surface area contributed by atoms with E-state index in [1.54, 1.807) is 43.6 Å². The van der Waals surface area contributed by atoms with Crippen molar-refractivity contribution in [2.24, 2.45) is 0 Å². The van der Waals surface area contributed by atoms with E-state index >= 15 is 0 Å². The molecule has 4 rings (SSSR count). The fourth-order valence-electron chi connectivity index (χ4n) is 3.29. The molecule has 1 aliphatic rings. The molecule has 1 aliphatic heterocycles. The van der Waals surface area contributed by atoms with Crippen molar-refractivity contribution in [3.8, 4) is 17.5 Å². The molecule has 3 heterocycles. The van der Waals surface area contributed by atoms with Crippen molar-refractivity contribution in [2.75, 3.05) is 20.7 Å². The van der Waals surface area contributed by atoms with Crippen LogP contribution in [0.25, 0.3) is 16.7 Å². The van der Waals surface area contributed by atoms with Gasteiger partial charge in [0.05, 0.1) is 18.2 Å². The average Bonchev–Trinajstić information content (AvgIpc) is 3.25. The first-order valence-corrected chi connectivity index (χ1v) is 9.44. The summed E-state index contributed by atoms with van der Waals surface area (Å²) in [6.45, 7) is 0.437. The molecule has 152 valence electrons. The number of fused-ring (bicyclic) bond motifs is 1. The molecule has 8 nitrogen and oxygen atoms in total. The summed E-state index contributed by atoms with van der Waals surface area (Å²) in [6.07, 6.45) is 1.82. The molecule has 2 aromatic heterocycles. The number of rotatable bonds is 2. The van der Waals surface area contributed by atoms with Crippen molar-refractivity contribution in [3.63, 3.8) is 0 Å². The van der Waals surface area contributed by atoms with Gasteiger partial charge in [-0.25, -0.2) is 14.5 Å². The van der Waals surface area contributed by atoms with Gasteiger partial charge in [0.25, 0.3) is 5.91 Å². The van der Waals surface area contributed by atoms with Crippen LogP contribution in [-0.4, -0.2) is 63.0 Å². The lowest BCUT2D eigenvalue weighted by Crippen LogP contribution is -2.37. The molecular weight excluding hydrogens is 408 g/mol. The van der Waals surface area contributed by atoms with Crippen molar-refractivity contribution >= 4 is 34.5 Å². The fourth-order valence-corrected chi connectivity index (χ4v) is 3.52. The maximum Gasteiger partial charge on any atom is 0.359 e. The molecule has 0 saturated carbocycles. The van der Waals surface area contributed by atoms with Gasteiger partial charge in [0.2, 0.25) is 5.60 Å². The van der Waals surface area contributed by atoms with Crippen LogP contribution in [0.2, 0.25) is 5.02 Å². The molecule has 1 fully saturated rings. The number of pyridine rings is 1. The van der Waals surface area contributed by atoms with E-state index in [0.717, 1.165) is 0 Å². The minimum Gasteiger partial charge on any atom is -0.464 e. The Bertz CT molecular complexity index is 1240. The molecule has 1 amide bonds. The summed E-state index contributed by atoms with van der Waals surface area (Å²) in [4.78, 5) is 30.0. The first-order valence-electron chi connectivity index (χ1n) is 9.06. The Labute approximate surface area is 177 Å². The zero-order valence-electron chi connectivity index (χ0n) is 16.2. The lowest BCUT2D eigenvalue weighted by atomic mass is 10.0. The number of hydrogen-bond donors (Lipinski definition) is 1. The van der Waals surface area contributed by atoms with Gasteiger partial charge in [0.15, 0.2) is 11.3 Å². The predicted molar refractivity (Wildman–Crippen MR) is 109 cm³/mol. The fraction of sp³-hybridized carbons (Fsp3) is 0.238. The number of carbonyl (C=O) groups excluding carboxylic acids is 2. The van der Waals surface area contributed by atoms with Crippen LogP contribution in [0.3, 0.4) is 0 Å². The Morgan fingerprint density at radius 1 is 1.37 bits per heavy atom. The largest absolute Gasteiger partial charge is 0.464 e. The molecule has 1 unspecified atom stereocenters. The summed E-state index contributed by atoms with van der Waals surface area (Å²) in [5.74, 6) is 4.49. The second-order valence-corrected chi connectivity index (χ2v) is 7.35. The standard InChI is InChI=1S/C21H17ClN4O4/c1-25-9-7-21(29,20(25)28)6-5-13-10-14(22)12-15(11-13)26-18-16(4-3-8-23-18)17(24-26)19(27)30-2/h3-4,8,10-12,29H,7,9H2,1-2H3. The number of amides is 1. The van der Waals surface area contributed by atoms with Gasteiger partial charge in [-0.3, -0.25) is 4.79 Å². The third-order valence-corrected chi connectivity index (χ3v) is 5.09. The van der Waals surface area contributed by atoms with E-state index < -0.39 is 17.5 Å². The summed E-state index contributed by atoms with van der Waals surface area (Å²) < 4.78 is 6.29. The zero-order chi connectivity index (χ0) is 21.5. The van der Waals surface area contributed by atoms with Crippen LogP contribution in [0.15, 0.2) is 36.5 Å². The molecule has 3 aromatic rings. The number of methoxy groups -OCH3 is 1. The van der Waals surface area contributed by atoms with Crippen LogP contribution in [-0.2, 0) is 9.53 Å². The number of carbonyl (C=O) groups is 2. The number of likely N-dealkylation sites (N-methyl/N-ethyl adjacent to an activating group) is 1. The van der Waals surface area contributed by atoms with E-state index in [2.05, 4.69) is 21.9 Å². The molecule has 1 aromatic carbocycles. The highest BCUT2D eigenvalue weighted by Crippen LogP contribution is 2.25. The number of benzene rings is 1. The highest BCUT2D eigenvalue weighted by molar-refractivity contribution is 6.30. The Kier molecular flexibility index (Phi) is 4.94. The van der Waals surface area contributed by atoms with Crippen LogP contribution in [0.4, 0.5) is 0 Å². The number of nitrogens with zero attached hydrogens (tertiary/aromatic N) is 4. The van der Waals surface area contributed by atoms with Gasteiger partial charge in [-0.15, -0.1) is 0 Å². The van der Waals surface area contributed by atoms with Crippen molar-refractivity contribution in [1.29, 1.82) is 0 Å². The summed E-state index contributed by atoms with van der Waals surface area (Å²) in [5.41, 5.74) is -0.137. The normalized spacial score (nSPS) is 18.4. The predicted octanol–water partition coefficient (Wildman–Crippen LogP) is 1.81. The number of halogens is 1. The Hall–Kier alpha value is -3.41. The Balaban J connectivity index is 1.80. The van der Waals surface area contributed by atoms with E-state index in [9.17, 15) is 14.7 Å². The van der Waals surface area contributed by atoms with Gasteiger partial charge in [0.1, 0.15) is 0 Å². The first-order chi connectivity index (χ1) is 14.3. The molecule has 1 atom stereocenters. The maximum absolute atomic E-state index is 12.1. The van der Waals surface area contributed by atoms with Crippen LogP contribution in [0, 0.1) is 11.8 Å². The number of aromatic nitrogens is 3. The SMILES string of the molecule is COC(=O)c1nn(-c2cc(Cl)cc(C#CC3(O)CCN(C)C3=O)c2)c2ncccc12. The molecule has 0 bridgehead atoms. The van der Waals surface area contributed by atoms with Crippen molar-refractivity contribution in [2.45, 2.75) is 12.0 Å². The molecule has 0 radical (unpaired) electrons. The van der Waals surface area contributed by atoms with Crippen LogP contribution in [0.5, 0.6) is 0 Å². The van der Waals surface area contributed by atoms with E-state index in [1.807, 2.05) is 0 Å². The monoisotopic (exact) mass is 424 g/mol. The Morgan fingerprint density at radius 2 is 2.17 bits per heavy atom. The number of hydrogen-bond acceptors (Lipinski definition) is 6. The summed E-state index contributed by atoms with van der Waals surface area (Å²) in [7, 11) is 2.90. The molecule has 0 aliphatic carbocycles. The van der Waals surface area contributed by atoms with Crippen LogP contribution >= 0.6 is 11.6 Å². The van der Waals surface area contributed by atoms with Gasteiger partial charge in [-0.05, 0) is 30.3 Å². The highest BCUT2D eigenvalue weighted by Gasteiger charge is 2.42. The summed E-state index contributed by atoms with van der Waals surface area (Å²) in [6, 6.07) is 8.38. The van der Waals surface area contributed by atoms with Gasteiger partial charge >= 0.3 is 5.97 Å². The number of aliphatic hydroxyl groups is 1. The molecule has 1 N–H and O–H groups in total. The molecule has 9 heteroatoms. The molecule has 30 heavy (non-hydrogen) atoms. The number of likely N-dealkylation sites (tertiary alicyclic amines) is 1. The Morgan fingerprint density at radius 3 is 2.87 bits per heavy atom. The minimum absolute atomic E-state index is 0.127. The lowest BCUT2D eigenvalue weighted by molar-refractivity contribution is -0.137. The quantitative estimate of drug-likeness (QED) is 0.497. The van der Waals surface area contributed by atoms with Gasteiger partial charge in [0, 0.05) is 36.8 Å². The van der Waals surface area contributed by atoms with Crippen LogP contribution in [0.1, 0.15) is 22.5 Å². The van der Waals surface area contributed by atoms with E-state index in [4.69, 9.17) is 16.3 Å². The van der Waals surface area contributed by atoms with Gasteiger partial charge in [-0.1, -0.05) is 23.4 Å². The van der Waals surface area contributed by atoms with E-state index in [0.29, 0.717) is 33.9 Å². The van der Waals surface area contributed by atoms with Crippen molar-refractivity contribution < 1.29 is 19.4 Å². The smallest absolute Gasteiger partial charge is 0.359 e. The highest BCUT2D eigenvalue weighted by atomic mass is 35.5. The van der Waals surface area contributed by atoms with Crippen molar-refractivity contribution in [3.05, 3.63) is 52.8 Å². The minimum atomic E-state index is -1.71. The third kappa shape index (κ3) is 3.38. The summed E-state index contributed by atoms with van der Waals surface area (Å²) in [5, 5.41) is 15.8. The summed E-state index contributed by atoms with van der Waals surface area (Å²) >= 11 is 6.27. The topological polar surface area (TPSA) is 97.5 Å². The molecule has 1 saturated heterocycles. The van der Waals surface area contributed by atoms with E-state index in [1.165, 1.54) is 16.7 Å². The first kappa shape index (κ1) is 19.9. The van der Waals surface area contributed by atoms with Gasteiger partial charge in [-0.2, -0.15) is 5.10 Å². The lowest BCUT2D eigenvalue weighted by Gasteiger charge is -2.13. The van der Waals surface area contributed by atoms with Gasteiger partial charge < -0.3 is 14.7 Å². The second kappa shape index (κ2) is 7.44. The van der Waals surface area contributed by atoms with Crippen molar-refractivity contribution in [1.82, 2.24) is 19.7 Å². The second-order valence-electron chi connectivity index (χ2n) is 6.91. The zero-order valence-corrected chi connectivity index (χ0v) is 17.0. The molecule has 0 spiro atoms. The van der Waals surface area contributed by atoms with E-state index in [-0.39, 0.29) is 12.1 Å². The third-order valence-electron chi connectivity index (χ3n) is 4.87. The number of esters is 1. The molecular formula is C21H17ClN4O4. The number of ether oxygens (including phenoxy) is 1.